The van der Waals surface area contributed by atoms with Gasteiger partial charge in [0.2, 0.25) is 0 Å². The molecule has 1 heterocycles. The minimum Gasteiger partial charge on any atom is -0.314 e. The maximum atomic E-state index is 13.7. The highest BCUT2D eigenvalue weighted by atomic mass is 19.1. The fraction of sp³-hybridized carbons (Fsp3) is 0.500. The van der Waals surface area contributed by atoms with Crippen molar-refractivity contribution in [1.29, 1.82) is 0 Å². The average Bonchev–Trinajstić information content (AvgIpc) is 2.31. The van der Waals surface area contributed by atoms with Gasteiger partial charge >= 0.3 is 0 Å². The number of rotatable bonds is 2. The Morgan fingerprint density at radius 3 is 2.62 bits per heavy atom. The Morgan fingerprint density at radius 2 is 1.94 bits per heavy atom. The summed E-state index contributed by atoms with van der Waals surface area (Å²) >= 11 is 0. The van der Waals surface area contributed by atoms with Crippen molar-refractivity contribution in [1.82, 2.24) is 10.2 Å². The molecule has 16 heavy (non-hydrogen) atoms. The van der Waals surface area contributed by atoms with E-state index in [9.17, 15) is 8.78 Å². The van der Waals surface area contributed by atoms with Gasteiger partial charge in [-0.2, -0.15) is 0 Å². The molecule has 4 heteroatoms. The first kappa shape index (κ1) is 11.5. The van der Waals surface area contributed by atoms with Gasteiger partial charge in [0.15, 0.2) is 0 Å². The average molecular weight is 226 g/mol. The first-order chi connectivity index (χ1) is 7.68. The van der Waals surface area contributed by atoms with Crippen LogP contribution >= 0.6 is 0 Å². The van der Waals surface area contributed by atoms with Gasteiger partial charge in [-0.05, 0) is 13.0 Å². The van der Waals surface area contributed by atoms with Crippen molar-refractivity contribution in [2.75, 3.05) is 26.2 Å². The van der Waals surface area contributed by atoms with E-state index in [1.165, 1.54) is 13.0 Å². The smallest absolute Gasteiger partial charge is 0.133 e. The van der Waals surface area contributed by atoms with E-state index in [2.05, 4.69) is 10.2 Å². The maximum absolute atomic E-state index is 13.7. The summed E-state index contributed by atoms with van der Waals surface area (Å²) in [6, 6.07) is 2.88. The molecule has 0 unspecified atom stereocenters. The van der Waals surface area contributed by atoms with Gasteiger partial charge in [0.25, 0.3) is 0 Å². The Hall–Kier alpha value is -1.00. The lowest BCUT2D eigenvalue weighted by atomic mass is 10.1. The van der Waals surface area contributed by atoms with E-state index >= 15 is 0 Å². The van der Waals surface area contributed by atoms with Gasteiger partial charge in [-0.15, -0.1) is 0 Å². The second-order valence-electron chi connectivity index (χ2n) is 4.17. The molecule has 0 saturated carbocycles. The van der Waals surface area contributed by atoms with Crippen LogP contribution in [-0.2, 0) is 6.54 Å². The topological polar surface area (TPSA) is 15.3 Å². The molecule has 1 aromatic carbocycles. The molecule has 1 fully saturated rings. The molecule has 0 atom stereocenters. The molecule has 88 valence electrons. The molecule has 2 rings (SSSR count). The number of halogens is 2. The molecule has 2 nitrogen and oxygen atoms in total. The number of hydrogen-bond donors (Lipinski definition) is 1. The van der Waals surface area contributed by atoms with Crippen LogP contribution in [-0.4, -0.2) is 31.1 Å². The molecule has 1 aliphatic heterocycles. The summed E-state index contributed by atoms with van der Waals surface area (Å²) in [5.41, 5.74) is 0.702. The summed E-state index contributed by atoms with van der Waals surface area (Å²) in [6.07, 6.45) is 0. The van der Waals surface area contributed by atoms with Crippen LogP contribution in [0.1, 0.15) is 11.1 Å². The van der Waals surface area contributed by atoms with Gasteiger partial charge in [0.1, 0.15) is 11.6 Å². The van der Waals surface area contributed by atoms with Crippen molar-refractivity contribution in [3.8, 4) is 0 Å². The largest absolute Gasteiger partial charge is 0.314 e. The van der Waals surface area contributed by atoms with Crippen LogP contribution in [0.4, 0.5) is 8.78 Å². The Morgan fingerprint density at radius 1 is 1.25 bits per heavy atom. The zero-order chi connectivity index (χ0) is 11.5. The van der Waals surface area contributed by atoms with Crippen molar-refractivity contribution >= 4 is 0 Å². The first-order valence-electron chi connectivity index (χ1n) is 5.55. The number of nitrogens with zero attached hydrogens (tertiary/aromatic N) is 1. The fourth-order valence-electron chi connectivity index (χ4n) is 1.95. The Labute approximate surface area is 94.3 Å². The molecular formula is C12H16F2N2. The number of piperazine rings is 1. The summed E-state index contributed by atoms with van der Waals surface area (Å²) in [5, 5.41) is 3.24. The molecule has 0 aromatic heterocycles. The number of nitrogens with one attached hydrogen (secondary N) is 1. The van der Waals surface area contributed by atoms with Gasteiger partial charge in [0, 0.05) is 43.9 Å². The number of benzene rings is 1. The molecule has 1 aliphatic rings. The molecule has 0 bridgehead atoms. The van der Waals surface area contributed by atoms with Gasteiger partial charge < -0.3 is 5.32 Å². The molecule has 1 aromatic rings. The van der Waals surface area contributed by atoms with E-state index in [4.69, 9.17) is 0 Å². The monoisotopic (exact) mass is 226 g/mol. The fourth-order valence-corrected chi connectivity index (χ4v) is 1.95. The van der Waals surface area contributed by atoms with Crippen LogP contribution < -0.4 is 5.32 Å². The van der Waals surface area contributed by atoms with E-state index in [-0.39, 0.29) is 5.56 Å². The van der Waals surface area contributed by atoms with Crippen molar-refractivity contribution in [3.05, 3.63) is 34.9 Å². The normalized spacial score (nSPS) is 17.7. The third-order valence-corrected chi connectivity index (χ3v) is 3.00. The van der Waals surface area contributed by atoms with E-state index in [1.807, 2.05) is 0 Å². The van der Waals surface area contributed by atoms with Gasteiger partial charge in [-0.3, -0.25) is 4.90 Å². The summed E-state index contributed by atoms with van der Waals surface area (Å²) in [4.78, 5) is 2.17. The number of hydrogen-bond acceptors (Lipinski definition) is 2. The molecule has 1 saturated heterocycles. The Balaban J connectivity index is 2.11. The molecule has 0 spiro atoms. The van der Waals surface area contributed by atoms with Crippen molar-refractivity contribution in [3.63, 3.8) is 0 Å². The second-order valence-corrected chi connectivity index (χ2v) is 4.17. The van der Waals surface area contributed by atoms with E-state index in [1.54, 1.807) is 6.07 Å². The minimum atomic E-state index is -0.471. The van der Waals surface area contributed by atoms with Gasteiger partial charge in [0.05, 0.1) is 0 Å². The molecule has 0 amide bonds. The third-order valence-electron chi connectivity index (χ3n) is 3.00. The standard InChI is InChI=1S/C12H16F2N2/c1-9-11(13)3-2-10(12(9)14)8-16-6-4-15-5-7-16/h2-3,15H,4-8H2,1H3. The summed E-state index contributed by atoms with van der Waals surface area (Å²) in [6.45, 7) is 5.73. The lowest BCUT2D eigenvalue weighted by Gasteiger charge is -2.27. The lowest BCUT2D eigenvalue weighted by molar-refractivity contribution is 0.230. The van der Waals surface area contributed by atoms with Crippen molar-refractivity contribution in [2.24, 2.45) is 0 Å². The summed E-state index contributed by atoms with van der Waals surface area (Å²) < 4.78 is 26.8. The molecule has 0 radical (unpaired) electrons. The highest BCUT2D eigenvalue weighted by molar-refractivity contribution is 5.26. The van der Waals surface area contributed by atoms with Crippen LogP contribution in [0.25, 0.3) is 0 Å². The predicted molar refractivity (Wildman–Crippen MR) is 59.2 cm³/mol. The lowest BCUT2D eigenvalue weighted by Crippen LogP contribution is -2.43. The first-order valence-corrected chi connectivity index (χ1v) is 5.55. The van der Waals surface area contributed by atoms with Gasteiger partial charge in [-0.1, -0.05) is 6.07 Å². The Bertz CT molecular complexity index is 374. The van der Waals surface area contributed by atoms with Crippen LogP contribution in [0.3, 0.4) is 0 Å². The van der Waals surface area contributed by atoms with Crippen LogP contribution in [0.15, 0.2) is 12.1 Å². The summed E-state index contributed by atoms with van der Waals surface area (Å²) in [7, 11) is 0. The third kappa shape index (κ3) is 2.39. The van der Waals surface area contributed by atoms with E-state index in [0.717, 1.165) is 26.2 Å². The van der Waals surface area contributed by atoms with Crippen LogP contribution in [0.5, 0.6) is 0 Å². The zero-order valence-electron chi connectivity index (χ0n) is 9.39. The minimum absolute atomic E-state index is 0.118. The van der Waals surface area contributed by atoms with Crippen molar-refractivity contribution in [2.45, 2.75) is 13.5 Å². The summed E-state index contributed by atoms with van der Waals surface area (Å²) in [5.74, 6) is -0.875. The van der Waals surface area contributed by atoms with Crippen LogP contribution in [0, 0.1) is 18.6 Å². The van der Waals surface area contributed by atoms with Crippen molar-refractivity contribution < 1.29 is 8.78 Å². The van der Waals surface area contributed by atoms with Crippen LogP contribution in [0.2, 0.25) is 0 Å². The second kappa shape index (κ2) is 4.89. The highest BCUT2D eigenvalue weighted by Crippen LogP contribution is 2.17. The van der Waals surface area contributed by atoms with Gasteiger partial charge in [-0.25, -0.2) is 8.78 Å². The molecule has 1 N–H and O–H groups in total. The maximum Gasteiger partial charge on any atom is 0.133 e. The Kier molecular flexibility index (Phi) is 3.51. The predicted octanol–water partition coefficient (Wildman–Crippen LogP) is 1.68. The molecule has 0 aliphatic carbocycles. The highest BCUT2D eigenvalue weighted by Gasteiger charge is 2.14. The van der Waals surface area contributed by atoms with E-state index < -0.39 is 11.6 Å². The quantitative estimate of drug-likeness (QED) is 0.825. The zero-order valence-corrected chi connectivity index (χ0v) is 9.39. The SMILES string of the molecule is Cc1c(F)ccc(CN2CCNCC2)c1F. The molecular weight excluding hydrogens is 210 g/mol. The van der Waals surface area contributed by atoms with E-state index in [0.29, 0.717) is 12.1 Å².